The predicted octanol–water partition coefficient (Wildman–Crippen LogP) is 1.63. The molecule has 2 aliphatic rings. The highest BCUT2D eigenvalue weighted by molar-refractivity contribution is 4.83. The molecule has 0 aromatic heterocycles. The first-order valence-corrected chi connectivity index (χ1v) is 6.84. The SMILES string of the molecule is CC(C)N(CC1CCCCN1)C1CCOC1. The van der Waals surface area contributed by atoms with Crippen LogP contribution in [-0.2, 0) is 4.74 Å². The molecule has 2 saturated heterocycles. The van der Waals surface area contributed by atoms with Crippen molar-refractivity contribution in [1.29, 1.82) is 0 Å². The van der Waals surface area contributed by atoms with E-state index >= 15 is 0 Å². The van der Waals surface area contributed by atoms with Crippen LogP contribution >= 0.6 is 0 Å². The third kappa shape index (κ3) is 3.19. The van der Waals surface area contributed by atoms with Crippen LogP contribution in [0.25, 0.3) is 0 Å². The molecule has 0 amide bonds. The number of hydrogen-bond donors (Lipinski definition) is 1. The average molecular weight is 226 g/mol. The van der Waals surface area contributed by atoms with Crippen LogP contribution in [0.3, 0.4) is 0 Å². The molecule has 16 heavy (non-hydrogen) atoms. The lowest BCUT2D eigenvalue weighted by atomic mass is 10.0. The van der Waals surface area contributed by atoms with Gasteiger partial charge in [0.25, 0.3) is 0 Å². The first kappa shape index (κ1) is 12.3. The highest BCUT2D eigenvalue weighted by atomic mass is 16.5. The van der Waals surface area contributed by atoms with E-state index in [0.29, 0.717) is 18.1 Å². The molecule has 2 aliphatic heterocycles. The van der Waals surface area contributed by atoms with Crippen LogP contribution < -0.4 is 5.32 Å². The van der Waals surface area contributed by atoms with Crippen LogP contribution in [0.2, 0.25) is 0 Å². The van der Waals surface area contributed by atoms with E-state index in [4.69, 9.17) is 4.74 Å². The summed E-state index contributed by atoms with van der Waals surface area (Å²) >= 11 is 0. The van der Waals surface area contributed by atoms with Gasteiger partial charge in [-0.25, -0.2) is 0 Å². The van der Waals surface area contributed by atoms with Crippen molar-refractivity contribution in [3.63, 3.8) is 0 Å². The highest BCUT2D eigenvalue weighted by Crippen LogP contribution is 2.18. The molecule has 0 radical (unpaired) electrons. The first-order chi connectivity index (χ1) is 7.77. The zero-order valence-corrected chi connectivity index (χ0v) is 10.7. The van der Waals surface area contributed by atoms with E-state index in [0.717, 1.165) is 13.2 Å². The van der Waals surface area contributed by atoms with Gasteiger partial charge in [-0.1, -0.05) is 6.42 Å². The van der Waals surface area contributed by atoms with Crippen LogP contribution in [0.5, 0.6) is 0 Å². The largest absolute Gasteiger partial charge is 0.380 e. The second-order valence-corrected chi connectivity index (χ2v) is 5.45. The maximum Gasteiger partial charge on any atom is 0.0622 e. The van der Waals surface area contributed by atoms with Crippen molar-refractivity contribution in [1.82, 2.24) is 10.2 Å². The lowest BCUT2D eigenvalue weighted by Crippen LogP contribution is -2.50. The van der Waals surface area contributed by atoms with Gasteiger partial charge >= 0.3 is 0 Å². The topological polar surface area (TPSA) is 24.5 Å². The number of ether oxygens (including phenoxy) is 1. The molecule has 0 aromatic rings. The number of rotatable bonds is 4. The minimum Gasteiger partial charge on any atom is -0.380 e. The van der Waals surface area contributed by atoms with Gasteiger partial charge in [0, 0.05) is 31.3 Å². The van der Waals surface area contributed by atoms with Gasteiger partial charge in [-0.15, -0.1) is 0 Å². The molecular formula is C13H26N2O. The molecule has 2 atom stereocenters. The lowest BCUT2D eigenvalue weighted by Gasteiger charge is -2.36. The molecule has 0 spiro atoms. The monoisotopic (exact) mass is 226 g/mol. The summed E-state index contributed by atoms with van der Waals surface area (Å²) in [4.78, 5) is 2.63. The van der Waals surface area contributed by atoms with Gasteiger partial charge < -0.3 is 10.1 Å². The number of piperidine rings is 1. The molecule has 2 fully saturated rings. The summed E-state index contributed by atoms with van der Waals surface area (Å²) in [7, 11) is 0. The van der Waals surface area contributed by atoms with Crippen LogP contribution in [0, 0.1) is 0 Å². The molecule has 2 heterocycles. The van der Waals surface area contributed by atoms with Crippen molar-refractivity contribution in [3.05, 3.63) is 0 Å². The van der Waals surface area contributed by atoms with E-state index in [-0.39, 0.29) is 0 Å². The number of nitrogens with one attached hydrogen (secondary N) is 1. The lowest BCUT2D eigenvalue weighted by molar-refractivity contribution is 0.106. The van der Waals surface area contributed by atoms with Crippen LogP contribution in [0.4, 0.5) is 0 Å². The number of nitrogens with zero attached hydrogens (tertiary/aromatic N) is 1. The van der Waals surface area contributed by atoms with Crippen molar-refractivity contribution in [2.24, 2.45) is 0 Å². The molecule has 3 heteroatoms. The van der Waals surface area contributed by atoms with Crippen LogP contribution in [-0.4, -0.2) is 49.3 Å². The second kappa shape index (κ2) is 5.99. The third-order valence-electron chi connectivity index (χ3n) is 3.88. The van der Waals surface area contributed by atoms with E-state index in [2.05, 4.69) is 24.1 Å². The summed E-state index contributed by atoms with van der Waals surface area (Å²) in [5.74, 6) is 0. The Morgan fingerprint density at radius 1 is 1.31 bits per heavy atom. The fourth-order valence-electron chi connectivity index (χ4n) is 2.90. The van der Waals surface area contributed by atoms with E-state index in [9.17, 15) is 0 Å². The third-order valence-corrected chi connectivity index (χ3v) is 3.88. The Balaban J connectivity index is 1.85. The molecule has 0 saturated carbocycles. The fraction of sp³-hybridized carbons (Fsp3) is 1.00. The summed E-state index contributed by atoms with van der Waals surface area (Å²) in [6.07, 6.45) is 5.30. The van der Waals surface area contributed by atoms with Crippen molar-refractivity contribution >= 4 is 0 Å². The summed E-state index contributed by atoms with van der Waals surface area (Å²) in [6.45, 7) is 8.91. The molecule has 1 N–H and O–H groups in total. The normalized spacial score (nSPS) is 31.5. The Kier molecular flexibility index (Phi) is 4.62. The quantitative estimate of drug-likeness (QED) is 0.788. The molecule has 0 aliphatic carbocycles. The molecular weight excluding hydrogens is 200 g/mol. The van der Waals surface area contributed by atoms with Gasteiger partial charge in [0.2, 0.25) is 0 Å². The Hall–Kier alpha value is -0.120. The number of hydrogen-bond acceptors (Lipinski definition) is 3. The predicted molar refractivity (Wildman–Crippen MR) is 66.7 cm³/mol. The van der Waals surface area contributed by atoms with Crippen molar-refractivity contribution in [3.8, 4) is 0 Å². The average Bonchev–Trinajstić information content (AvgIpc) is 2.80. The Bertz CT molecular complexity index is 196. The van der Waals surface area contributed by atoms with E-state index in [1.54, 1.807) is 0 Å². The van der Waals surface area contributed by atoms with Crippen molar-refractivity contribution < 1.29 is 4.74 Å². The summed E-state index contributed by atoms with van der Waals surface area (Å²) in [5, 5.41) is 3.65. The Labute approximate surface area is 99.5 Å². The minimum atomic E-state index is 0.635. The van der Waals surface area contributed by atoms with E-state index < -0.39 is 0 Å². The van der Waals surface area contributed by atoms with Crippen molar-refractivity contribution in [2.45, 2.75) is 57.7 Å². The van der Waals surface area contributed by atoms with Gasteiger partial charge in [-0.3, -0.25) is 4.90 Å². The maximum absolute atomic E-state index is 5.52. The fourth-order valence-corrected chi connectivity index (χ4v) is 2.90. The molecule has 2 unspecified atom stereocenters. The Morgan fingerprint density at radius 2 is 2.19 bits per heavy atom. The van der Waals surface area contributed by atoms with Crippen molar-refractivity contribution in [2.75, 3.05) is 26.3 Å². The van der Waals surface area contributed by atoms with Gasteiger partial charge in [0.15, 0.2) is 0 Å². The molecule has 0 bridgehead atoms. The Morgan fingerprint density at radius 3 is 2.75 bits per heavy atom. The van der Waals surface area contributed by atoms with Crippen LogP contribution in [0.15, 0.2) is 0 Å². The summed E-state index contributed by atoms with van der Waals surface area (Å²) in [5.41, 5.74) is 0. The van der Waals surface area contributed by atoms with E-state index in [1.807, 2.05) is 0 Å². The standard InChI is InChI=1S/C13H26N2O/c1-11(2)15(13-6-8-16-10-13)9-12-5-3-4-7-14-12/h11-14H,3-10H2,1-2H3. The molecule has 3 nitrogen and oxygen atoms in total. The summed E-state index contributed by atoms with van der Waals surface area (Å²) in [6, 6.07) is 2.00. The van der Waals surface area contributed by atoms with Gasteiger partial charge in [-0.2, -0.15) is 0 Å². The smallest absolute Gasteiger partial charge is 0.0622 e. The molecule has 94 valence electrons. The first-order valence-electron chi connectivity index (χ1n) is 6.84. The van der Waals surface area contributed by atoms with Gasteiger partial charge in [0.1, 0.15) is 0 Å². The summed E-state index contributed by atoms with van der Waals surface area (Å²) < 4.78 is 5.52. The van der Waals surface area contributed by atoms with Crippen LogP contribution in [0.1, 0.15) is 39.5 Å². The second-order valence-electron chi connectivity index (χ2n) is 5.45. The van der Waals surface area contributed by atoms with Gasteiger partial charge in [0.05, 0.1) is 6.61 Å². The zero-order valence-electron chi connectivity index (χ0n) is 10.7. The maximum atomic E-state index is 5.52. The molecule has 0 aromatic carbocycles. The molecule has 2 rings (SSSR count). The van der Waals surface area contributed by atoms with E-state index in [1.165, 1.54) is 38.8 Å². The zero-order chi connectivity index (χ0) is 11.4. The highest BCUT2D eigenvalue weighted by Gasteiger charge is 2.27. The van der Waals surface area contributed by atoms with Gasteiger partial charge in [-0.05, 0) is 39.7 Å². The minimum absolute atomic E-state index is 0.635.